The fraction of sp³-hybridized carbons (Fsp3) is 0.0476. The van der Waals surface area contributed by atoms with E-state index in [1.807, 2.05) is 58.1 Å². The van der Waals surface area contributed by atoms with Crippen LogP contribution in [0.2, 0.25) is 0 Å². The zero-order valence-electron chi connectivity index (χ0n) is 14.2. The van der Waals surface area contributed by atoms with E-state index in [-0.39, 0.29) is 18.1 Å². The van der Waals surface area contributed by atoms with Crippen molar-refractivity contribution >= 4 is 50.5 Å². The minimum Gasteiger partial charge on any atom is -0.510 e. The molecule has 0 fully saturated rings. The number of rotatable bonds is 3. The van der Waals surface area contributed by atoms with Gasteiger partial charge in [-0.2, -0.15) is 0 Å². The van der Waals surface area contributed by atoms with Crippen LogP contribution in [0.5, 0.6) is 0 Å². The lowest BCUT2D eigenvalue weighted by Gasteiger charge is -2.20. The molecule has 132 valence electrons. The summed E-state index contributed by atoms with van der Waals surface area (Å²) < 4.78 is 0. The van der Waals surface area contributed by atoms with E-state index >= 15 is 0 Å². The Hall–Kier alpha value is -2.96. The molecule has 6 heteroatoms. The number of aromatic nitrogens is 1. The number of nitrogens with one attached hydrogen (secondary N) is 1. The van der Waals surface area contributed by atoms with Gasteiger partial charge in [-0.25, -0.2) is 4.98 Å². The summed E-state index contributed by atoms with van der Waals surface area (Å²) in [4.78, 5) is 7.61. The van der Waals surface area contributed by atoms with Crippen LogP contribution < -0.4 is 4.90 Å². The molecule has 2 N–H and O–H groups in total. The summed E-state index contributed by atoms with van der Waals surface area (Å²) in [5.74, 6) is 0.482. The highest BCUT2D eigenvalue weighted by molar-refractivity contribution is 7.14. The van der Waals surface area contributed by atoms with E-state index in [1.165, 1.54) is 11.3 Å². The molecular weight excluding hydrogens is 374 g/mol. The summed E-state index contributed by atoms with van der Waals surface area (Å²) in [7, 11) is 0. The first kappa shape index (κ1) is 16.2. The Labute approximate surface area is 164 Å². The van der Waals surface area contributed by atoms with Gasteiger partial charge in [0, 0.05) is 10.8 Å². The van der Waals surface area contributed by atoms with Gasteiger partial charge in [0.25, 0.3) is 0 Å². The third-order valence-electron chi connectivity index (χ3n) is 4.65. The molecule has 0 aliphatic carbocycles. The normalized spacial score (nSPS) is 14.5. The van der Waals surface area contributed by atoms with Crippen LogP contribution in [-0.4, -0.2) is 22.5 Å². The fourth-order valence-electron chi connectivity index (χ4n) is 3.38. The van der Waals surface area contributed by atoms with Crippen molar-refractivity contribution in [2.75, 3.05) is 11.4 Å². The van der Waals surface area contributed by atoms with Crippen molar-refractivity contribution < 1.29 is 5.11 Å². The number of hydrogen-bond acceptors (Lipinski definition) is 5. The highest BCUT2D eigenvalue weighted by Gasteiger charge is 2.32. The first-order valence-corrected chi connectivity index (χ1v) is 10.2. The quantitative estimate of drug-likeness (QED) is 0.466. The summed E-state index contributed by atoms with van der Waals surface area (Å²) in [6, 6.07) is 18.2. The van der Waals surface area contributed by atoms with Gasteiger partial charge in [-0.1, -0.05) is 42.5 Å². The van der Waals surface area contributed by atoms with Gasteiger partial charge in [-0.05, 0) is 22.9 Å². The van der Waals surface area contributed by atoms with Crippen LogP contribution >= 0.6 is 22.7 Å². The minimum absolute atomic E-state index is 0.194. The average Bonchev–Trinajstić information content (AvgIpc) is 3.42. The second-order valence-electron chi connectivity index (χ2n) is 6.27. The molecule has 27 heavy (non-hydrogen) atoms. The van der Waals surface area contributed by atoms with Crippen LogP contribution in [-0.2, 0) is 0 Å². The van der Waals surface area contributed by atoms with E-state index < -0.39 is 0 Å². The largest absolute Gasteiger partial charge is 0.510 e. The molecule has 1 aliphatic rings. The Morgan fingerprint density at radius 1 is 1.00 bits per heavy atom. The van der Waals surface area contributed by atoms with Crippen molar-refractivity contribution in [1.82, 2.24) is 4.98 Å². The van der Waals surface area contributed by atoms with E-state index in [9.17, 15) is 5.11 Å². The zero-order valence-corrected chi connectivity index (χ0v) is 15.8. The fourth-order valence-corrected chi connectivity index (χ4v) is 5.03. The molecule has 4 nitrogen and oxygen atoms in total. The summed E-state index contributed by atoms with van der Waals surface area (Å²) in [5.41, 5.74) is 2.34. The van der Waals surface area contributed by atoms with Crippen molar-refractivity contribution in [1.29, 1.82) is 5.41 Å². The van der Waals surface area contributed by atoms with E-state index in [2.05, 4.69) is 17.1 Å². The molecule has 1 aliphatic heterocycles. The maximum atomic E-state index is 10.6. The Balaban J connectivity index is 1.53. The van der Waals surface area contributed by atoms with Crippen LogP contribution in [0.25, 0.3) is 26.9 Å². The maximum Gasteiger partial charge on any atom is 0.139 e. The summed E-state index contributed by atoms with van der Waals surface area (Å²) in [6.45, 7) is 0.288. The van der Waals surface area contributed by atoms with Crippen LogP contribution in [0, 0.1) is 5.41 Å². The van der Waals surface area contributed by atoms with Crippen molar-refractivity contribution in [3.05, 3.63) is 76.1 Å². The lowest BCUT2D eigenvalue weighted by atomic mass is 10.1. The highest BCUT2D eigenvalue weighted by Crippen LogP contribution is 2.37. The van der Waals surface area contributed by atoms with Crippen LogP contribution in [0.15, 0.2) is 71.1 Å². The van der Waals surface area contributed by atoms with Crippen molar-refractivity contribution in [2.24, 2.45) is 0 Å². The second-order valence-corrected chi connectivity index (χ2v) is 8.08. The molecule has 0 saturated heterocycles. The highest BCUT2D eigenvalue weighted by atomic mass is 32.1. The number of aliphatic hydroxyl groups excluding tert-OH is 1. The molecular formula is C21H15N3OS2. The molecule has 0 unspecified atom stereocenters. The molecule has 0 spiro atoms. The number of amidine groups is 1. The number of nitrogens with zero attached hydrogens (tertiary/aromatic N) is 2. The van der Waals surface area contributed by atoms with Gasteiger partial charge in [0.05, 0.1) is 28.4 Å². The van der Waals surface area contributed by atoms with Gasteiger partial charge in [0.1, 0.15) is 16.6 Å². The Morgan fingerprint density at radius 3 is 2.70 bits per heavy atom. The average molecular weight is 390 g/mol. The SMILES string of the molecule is N=C1C(c2nc(-c3cccs3)cs2)=C(O)CN1c1cccc2ccccc12. The van der Waals surface area contributed by atoms with Gasteiger partial charge in [0.2, 0.25) is 0 Å². The summed E-state index contributed by atoms with van der Waals surface area (Å²) in [6.07, 6.45) is 0. The number of thiophene rings is 1. The van der Waals surface area contributed by atoms with Crippen LogP contribution in [0.1, 0.15) is 5.01 Å². The molecule has 4 aromatic rings. The number of benzene rings is 2. The maximum absolute atomic E-state index is 10.6. The molecule has 0 saturated carbocycles. The summed E-state index contributed by atoms with van der Waals surface area (Å²) in [5, 5.41) is 26.2. The third-order valence-corrected chi connectivity index (χ3v) is 6.40. The molecule has 2 aromatic carbocycles. The monoisotopic (exact) mass is 389 g/mol. The zero-order chi connectivity index (χ0) is 18.4. The van der Waals surface area contributed by atoms with E-state index in [0.717, 1.165) is 27.0 Å². The molecule has 0 bridgehead atoms. The first-order valence-electron chi connectivity index (χ1n) is 8.48. The van der Waals surface area contributed by atoms with Crippen molar-refractivity contribution in [3.8, 4) is 10.6 Å². The van der Waals surface area contributed by atoms with Crippen LogP contribution in [0.4, 0.5) is 5.69 Å². The van der Waals surface area contributed by atoms with Gasteiger partial charge in [0.15, 0.2) is 0 Å². The molecule has 5 rings (SSSR count). The molecule has 0 amide bonds. The summed E-state index contributed by atoms with van der Waals surface area (Å²) >= 11 is 3.10. The Bertz CT molecular complexity index is 1190. The number of aliphatic hydroxyl groups is 1. The predicted molar refractivity (Wildman–Crippen MR) is 114 cm³/mol. The van der Waals surface area contributed by atoms with Gasteiger partial charge in [-0.3, -0.25) is 5.41 Å². The van der Waals surface area contributed by atoms with E-state index in [0.29, 0.717) is 10.6 Å². The number of hydrogen-bond donors (Lipinski definition) is 2. The predicted octanol–water partition coefficient (Wildman–Crippen LogP) is 5.79. The Morgan fingerprint density at radius 2 is 1.85 bits per heavy atom. The van der Waals surface area contributed by atoms with Crippen LogP contribution in [0.3, 0.4) is 0 Å². The minimum atomic E-state index is 0.194. The molecule has 0 atom stereocenters. The van der Waals surface area contributed by atoms with Gasteiger partial charge in [-0.15, -0.1) is 22.7 Å². The smallest absolute Gasteiger partial charge is 0.139 e. The van der Waals surface area contributed by atoms with Gasteiger partial charge < -0.3 is 10.0 Å². The van der Waals surface area contributed by atoms with E-state index in [4.69, 9.17) is 5.41 Å². The molecule has 2 aromatic heterocycles. The number of fused-ring (bicyclic) bond motifs is 1. The first-order chi connectivity index (χ1) is 13.2. The number of thiazole rings is 1. The lowest BCUT2D eigenvalue weighted by Crippen LogP contribution is -2.26. The Kier molecular flexibility index (Phi) is 3.81. The second kappa shape index (κ2) is 6.33. The standard InChI is InChI=1S/C21H15N3OS2/c22-20-19(21-23-15(12-27-21)18-9-4-10-26-18)17(25)11-24(20)16-8-3-6-13-5-1-2-7-14(13)16/h1-10,12,22,25H,11H2. The number of anilines is 1. The third kappa shape index (κ3) is 2.65. The van der Waals surface area contributed by atoms with Crippen molar-refractivity contribution in [2.45, 2.75) is 0 Å². The van der Waals surface area contributed by atoms with E-state index in [1.54, 1.807) is 11.3 Å². The van der Waals surface area contributed by atoms with Crippen molar-refractivity contribution in [3.63, 3.8) is 0 Å². The lowest BCUT2D eigenvalue weighted by molar-refractivity contribution is 0.411. The topological polar surface area (TPSA) is 60.2 Å². The van der Waals surface area contributed by atoms with Gasteiger partial charge >= 0.3 is 0 Å². The molecule has 3 heterocycles. The molecule has 0 radical (unpaired) electrons.